The summed E-state index contributed by atoms with van der Waals surface area (Å²) in [4.78, 5) is 32.9. The fraction of sp³-hybridized carbons (Fsp3) is 0.237. The molecule has 1 aliphatic rings. The number of halogens is 2. The summed E-state index contributed by atoms with van der Waals surface area (Å²) in [6.45, 7) is 7.71. The Labute approximate surface area is 297 Å². The van der Waals surface area contributed by atoms with Crippen molar-refractivity contribution in [3.63, 3.8) is 0 Å². The molecule has 49 heavy (non-hydrogen) atoms. The second kappa shape index (κ2) is 14.5. The molecule has 2 heterocycles. The van der Waals surface area contributed by atoms with Crippen LogP contribution in [0.25, 0.3) is 16.8 Å². The number of thiazole rings is 1. The quantitative estimate of drug-likeness (QED) is 0.138. The molecule has 1 atom stereocenters. The van der Waals surface area contributed by atoms with Gasteiger partial charge in [-0.15, -0.1) is 0 Å². The molecule has 0 fully saturated rings. The molecule has 5 aromatic rings. The number of fused-ring (bicyclic) bond motifs is 2. The summed E-state index contributed by atoms with van der Waals surface area (Å²) in [6, 6.07) is 21.9. The van der Waals surface area contributed by atoms with E-state index in [1.165, 1.54) is 15.9 Å². The van der Waals surface area contributed by atoms with Crippen LogP contribution in [-0.2, 0) is 16.1 Å². The van der Waals surface area contributed by atoms with Crippen molar-refractivity contribution >= 4 is 57.4 Å². The minimum Gasteiger partial charge on any atom is -0.493 e. The molecule has 0 radical (unpaired) electrons. The van der Waals surface area contributed by atoms with Gasteiger partial charge in [0, 0.05) is 10.6 Å². The smallest absolute Gasteiger partial charge is 0.338 e. The average molecular weight is 718 g/mol. The summed E-state index contributed by atoms with van der Waals surface area (Å²) >= 11 is 14.4. The van der Waals surface area contributed by atoms with Crippen molar-refractivity contribution in [2.75, 3.05) is 13.7 Å². The molecule has 0 saturated heterocycles. The van der Waals surface area contributed by atoms with E-state index in [0.29, 0.717) is 53.5 Å². The molecular formula is C38H34Cl2N2O6S. The van der Waals surface area contributed by atoms with Gasteiger partial charge in [0.25, 0.3) is 5.56 Å². The van der Waals surface area contributed by atoms with E-state index in [4.69, 9.17) is 47.1 Å². The van der Waals surface area contributed by atoms with Crippen LogP contribution < -0.4 is 29.1 Å². The molecule has 1 aromatic heterocycles. The van der Waals surface area contributed by atoms with Crippen molar-refractivity contribution in [2.24, 2.45) is 4.99 Å². The number of aromatic nitrogens is 1. The van der Waals surface area contributed by atoms with E-state index in [9.17, 15) is 9.59 Å². The number of hydrogen-bond donors (Lipinski definition) is 0. The lowest BCUT2D eigenvalue weighted by molar-refractivity contribution is -0.139. The Morgan fingerprint density at radius 3 is 2.57 bits per heavy atom. The molecular weight excluding hydrogens is 683 g/mol. The topological polar surface area (TPSA) is 88.4 Å². The normalized spacial score (nSPS) is 14.5. The summed E-state index contributed by atoms with van der Waals surface area (Å²) in [6.07, 6.45) is 1.61. The Hall–Kier alpha value is -4.57. The van der Waals surface area contributed by atoms with Crippen molar-refractivity contribution in [3.05, 3.63) is 130 Å². The zero-order chi connectivity index (χ0) is 34.8. The predicted molar refractivity (Wildman–Crippen MR) is 194 cm³/mol. The van der Waals surface area contributed by atoms with E-state index in [-0.39, 0.29) is 30.5 Å². The Kier molecular flexibility index (Phi) is 10.2. The first kappa shape index (κ1) is 34.3. The van der Waals surface area contributed by atoms with E-state index in [1.807, 2.05) is 62.4 Å². The summed E-state index contributed by atoms with van der Waals surface area (Å²) in [5.41, 5.74) is 2.48. The first-order valence-electron chi connectivity index (χ1n) is 15.7. The Bertz CT molecular complexity index is 2290. The fourth-order valence-corrected chi connectivity index (χ4v) is 7.46. The number of carbonyl (C=O) groups excluding carboxylic acids is 1. The molecule has 0 bridgehead atoms. The van der Waals surface area contributed by atoms with Crippen LogP contribution in [0.2, 0.25) is 10.0 Å². The summed E-state index contributed by atoms with van der Waals surface area (Å²) in [5, 5.41) is 2.86. The third-order valence-electron chi connectivity index (χ3n) is 7.96. The van der Waals surface area contributed by atoms with Gasteiger partial charge in [-0.2, -0.15) is 0 Å². The molecule has 4 aromatic carbocycles. The van der Waals surface area contributed by atoms with Gasteiger partial charge in [-0.25, -0.2) is 9.79 Å². The van der Waals surface area contributed by atoms with Crippen LogP contribution in [0.1, 0.15) is 50.4 Å². The van der Waals surface area contributed by atoms with Gasteiger partial charge < -0.3 is 18.9 Å². The van der Waals surface area contributed by atoms with Crippen LogP contribution in [0.5, 0.6) is 17.2 Å². The number of carbonyl (C=O) groups is 1. The van der Waals surface area contributed by atoms with Gasteiger partial charge in [-0.05, 0) is 79.9 Å². The Morgan fingerprint density at radius 1 is 1.04 bits per heavy atom. The molecule has 252 valence electrons. The average Bonchev–Trinajstić information content (AvgIpc) is 3.37. The number of methoxy groups -OCH3 is 1. The summed E-state index contributed by atoms with van der Waals surface area (Å²) in [7, 11) is 1.54. The van der Waals surface area contributed by atoms with Crippen molar-refractivity contribution in [1.82, 2.24) is 4.57 Å². The second-order valence-corrected chi connectivity index (χ2v) is 13.5. The molecule has 8 nitrogen and oxygen atoms in total. The van der Waals surface area contributed by atoms with Crippen LogP contribution in [0.15, 0.2) is 93.9 Å². The monoisotopic (exact) mass is 716 g/mol. The highest BCUT2D eigenvalue weighted by Gasteiger charge is 2.34. The van der Waals surface area contributed by atoms with Gasteiger partial charge in [-0.1, -0.05) is 83.1 Å². The highest BCUT2D eigenvalue weighted by molar-refractivity contribution is 7.07. The van der Waals surface area contributed by atoms with Gasteiger partial charge in [0.05, 0.1) is 46.7 Å². The number of nitrogens with zero attached hydrogens (tertiary/aromatic N) is 2. The minimum atomic E-state index is -0.843. The second-order valence-electron chi connectivity index (χ2n) is 11.6. The lowest BCUT2D eigenvalue weighted by atomic mass is 9.95. The Balaban J connectivity index is 1.48. The van der Waals surface area contributed by atoms with Crippen LogP contribution >= 0.6 is 34.5 Å². The zero-order valence-corrected chi connectivity index (χ0v) is 29.9. The highest BCUT2D eigenvalue weighted by Crippen LogP contribution is 2.37. The lowest BCUT2D eigenvalue weighted by Gasteiger charge is -2.25. The molecule has 0 unspecified atom stereocenters. The van der Waals surface area contributed by atoms with E-state index in [0.717, 1.165) is 16.3 Å². The number of benzene rings is 4. The Morgan fingerprint density at radius 2 is 1.82 bits per heavy atom. The van der Waals surface area contributed by atoms with Gasteiger partial charge in [-0.3, -0.25) is 9.36 Å². The zero-order valence-electron chi connectivity index (χ0n) is 27.6. The number of ether oxygens (including phenoxy) is 4. The number of allylic oxidation sites excluding steroid dienone is 1. The molecule has 1 aliphatic heterocycles. The van der Waals surface area contributed by atoms with Crippen molar-refractivity contribution < 1.29 is 23.7 Å². The van der Waals surface area contributed by atoms with E-state index >= 15 is 0 Å². The van der Waals surface area contributed by atoms with E-state index in [1.54, 1.807) is 51.3 Å². The number of hydrogen-bond acceptors (Lipinski definition) is 8. The van der Waals surface area contributed by atoms with Gasteiger partial charge in [0.2, 0.25) is 0 Å². The van der Waals surface area contributed by atoms with E-state index in [2.05, 4.69) is 0 Å². The molecule has 0 spiro atoms. The lowest BCUT2D eigenvalue weighted by Crippen LogP contribution is -2.40. The first-order chi connectivity index (χ1) is 23.6. The number of rotatable bonds is 10. The molecule has 0 aliphatic carbocycles. The van der Waals surface area contributed by atoms with Crippen LogP contribution in [0.3, 0.4) is 0 Å². The molecule has 0 saturated carbocycles. The SMILES string of the molecule is CCOC(=O)C1=C(C)N=c2s/c(=C/c3cc(Cl)cc(Cl)c3OCc3cccc4ccccc34)c(=O)n2[C@@H]1c1ccc(OC(C)C)c(OC)c1. The molecule has 0 N–H and O–H groups in total. The van der Waals surface area contributed by atoms with Gasteiger partial charge >= 0.3 is 5.97 Å². The maximum absolute atomic E-state index is 14.4. The van der Waals surface area contributed by atoms with Crippen LogP contribution in [-0.4, -0.2) is 30.4 Å². The van der Waals surface area contributed by atoms with Gasteiger partial charge in [0.1, 0.15) is 12.4 Å². The fourth-order valence-electron chi connectivity index (χ4n) is 5.86. The third-order valence-corrected chi connectivity index (χ3v) is 9.44. The van der Waals surface area contributed by atoms with Crippen LogP contribution in [0, 0.1) is 0 Å². The maximum atomic E-state index is 14.4. The highest BCUT2D eigenvalue weighted by atomic mass is 35.5. The van der Waals surface area contributed by atoms with Crippen LogP contribution in [0.4, 0.5) is 0 Å². The molecule has 6 rings (SSSR count). The number of esters is 1. The third kappa shape index (κ3) is 6.97. The van der Waals surface area contributed by atoms with Crippen molar-refractivity contribution in [1.29, 1.82) is 0 Å². The minimum absolute atomic E-state index is 0.0874. The predicted octanol–water partition coefficient (Wildman–Crippen LogP) is 7.63. The summed E-state index contributed by atoms with van der Waals surface area (Å²) in [5.74, 6) is 0.833. The largest absolute Gasteiger partial charge is 0.493 e. The first-order valence-corrected chi connectivity index (χ1v) is 17.3. The molecule has 11 heteroatoms. The van der Waals surface area contributed by atoms with Gasteiger partial charge in [0.15, 0.2) is 16.3 Å². The standard InChI is InChI=1S/C38H34Cl2N2O6S/c1-6-46-37(44)33-22(4)41-38-42(34(33)24-14-15-30(48-21(2)3)31(17-24)45-5)36(43)32(49-38)18-26-16-27(39)19-29(40)35(26)47-20-25-12-9-11-23-10-7-8-13-28(23)25/h7-19,21,34H,6,20H2,1-5H3/b32-18+/t34-/m1/s1. The summed E-state index contributed by atoms with van der Waals surface area (Å²) < 4.78 is 25.2. The van der Waals surface area contributed by atoms with Crippen molar-refractivity contribution in [2.45, 2.75) is 46.4 Å². The maximum Gasteiger partial charge on any atom is 0.338 e. The molecule has 0 amide bonds. The van der Waals surface area contributed by atoms with Crippen molar-refractivity contribution in [3.8, 4) is 17.2 Å². The van der Waals surface area contributed by atoms with E-state index < -0.39 is 12.0 Å².